The smallest absolute Gasteiger partial charge is 0.0726 e. The largest absolute Gasteiger partial charge is 0.309 e. The van der Waals surface area contributed by atoms with Crippen LogP contribution >= 0.6 is 0 Å². The summed E-state index contributed by atoms with van der Waals surface area (Å²) in [5, 5.41) is 0. The van der Waals surface area contributed by atoms with Gasteiger partial charge in [-0.2, -0.15) is 0 Å². The number of para-hydroxylation sites is 1. The number of benzene rings is 7. The van der Waals surface area contributed by atoms with Crippen molar-refractivity contribution in [3.63, 3.8) is 0 Å². The van der Waals surface area contributed by atoms with Gasteiger partial charge in [0, 0.05) is 22.2 Å². The Balaban J connectivity index is 1.30. The summed E-state index contributed by atoms with van der Waals surface area (Å²) in [6, 6.07) is 61.0. The Morgan fingerprint density at radius 1 is 0.500 bits per heavy atom. The van der Waals surface area contributed by atoms with Crippen LogP contribution in [0.15, 0.2) is 194 Å². The molecule has 1 nitrogen and oxygen atoms in total. The summed E-state index contributed by atoms with van der Waals surface area (Å²) in [4.78, 5) is 2.53. The van der Waals surface area contributed by atoms with E-state index in [4.69, 9.17) is 0 Å². The summed E-state index contributed by atoms with van der Waals surface area (Å²) < 4.78 is 0. The van der Waals surface area contributed by atoms with E-state index in [1.54, 1.807) is 0 Å². The third-order valence-corrected chi connectivity index (χ3v) is 12.2. The molecule has 0 bridgehead atoms. The molecule has 0 amide bonds. The number of fused-ring (bicyclic) bond motifs is 11. The van der Waals surface area contributed by atoms with Crippen molar-refractivity contribution in [1.82, 2.24) is 0 Å². The molecule has 258 valence electrons. The Bertz CT molecular complexity index is 2680. The average molecular weight is 692 g/mol. The molecular formula is C53H41N. The maximum Gasteiger partial charge on any atom is 0.0726 e. The van der Waals surface area contributed by atoms with Gasteiger partial charge in [-0.15, -0.1) is 0 Å². The first-order chi connectivity index (χ1) is 26.5. The highest BCUT2D eigenvalue weighted by Gasteiger charge is 2.52. The van der Waals surface area contributed by atoms with E-state index in [-0.39, 0.29) is 5.41 Å². The van der Waals surface area contributed by atoms with Gasteiger partial charge in [-0.25, -0.2) is 0 Å². The molecular weight excluding hydrogens is 651 g/mol. The van der Waals surface area contributed by atoms with Crippen LogP contribution in [-0.4, -0.2) is 0 Å². The monoisotopic (exact) mass is 691 g/mol. The van der Waals surface area contributed by atoms with Crippen molar-refractivity contribution in [3.05, 3.63) is 228 Å². The van der Waals surface area contributed by atoms with Gasteiger partial charge >= 0.3 is 0 Å². The molecule has 0 aliphatic heterocycles. The van der Waals surface area contributed by atoms with E-state index in [2.05, 4.69) is 214 Å². The highest BCUT2D eigenvalue weighted by molar-refractivity contribution is 6.02. The van der Waals surface area contributed by atoms with Crippen LogP contribution in [0.5, 0.6) is 0 Å². The summed E-state index contributed by atoms with van der Waals surface area (Å²) in [5.41, 5.74) is 20.9. The van der Waals surface area contributed by atoms with Gasteiger partial charge in [-0.05, 0) is 98.0 Å². The normalized spacial score (nSPS) is 15.2. The van der Waals surface area contributed by atoms with Gasteiger partial charge in [0.1, 0.15) is 0 Å². The number of nitrogens with zero attached hydrogens (tertiary/aromatic N) is 1. The maximum absolute atomic E-state index is 4.28. The molecule has 1 heteroatoms. The van der Waals surface area contributed by atoms with Gasteiger partial charge in [0.05, 0.1) is 16.8 Å². The van der Waals surface area contributed by atoms with Crippen LogP contribution in [0.4, 0.5) is 17.1 Å². The molecule has 0 unspecified atom stereocenters. The average Bonchev–Trinajstić information content (AvgIpc) is 3.77. The van der Waals surface area contributed by atoms with Gasteiger partial charge < -0.3 is 4.90 Å². The Kier molecular flexibility index (Phi) is 7.19. The van der Waals surface area contributed by atoms with Crippen molar-refractivity contribution in [2.45, 2.75) is 31.6 Å². The van der Waals surface area contributed by atoms with Gasteiger partial charge in [-0.1, -0.05) is 178 Å². The van der Waals surface area contributed by atoms with E-state index in [1.807, 2.05) is 0 Å². The standard InChI is InChI=1S/C53H41N/c1-5-19-38-41-33-32-36(34-48(41)52(3,4)43(38)6-2)54(49-30-17-13-22-37(49)35-20-8-7-9-21-35)50-31-18-29-47-51(50)42-25-12-16-28-46(42)53(47)44-26-14-10-23-39(44)40-24-11-15-27-45(40)53/h5-34H,2H2,1,3-4H3/b19-5-. The first-order valence-corrected chi connectivity index (χ1v) is 19.0. The summed E-state index contributed by atoms with van der Waals surface area (Å²) >= 11 is 0. The Morgan fingerprint density at radius 2 is 1.06 bits per heavy atom. The minimum atomic E-state index is -0.427. The molecule has 0 aromatic heterocycles. The molecule has 3 aliphatic rings. The Morgan fingerprint density at radius 3 is 1.72 bits per heavy atom. The predicted octanol–water partition coefficient (Wildman–Crippen LogP) is 14.0. The van der Waals surface area contributed by atoms with Crippen LogP contribution in [0.2, 0.25) is 0 Å². The predicted molar refractivity (Wildman–Crippen MR) is 228 cm³/mol. The van der Waals surface area contributed by atoms with Crippen LogP contribution in [0.25, 0.3) is 39.0 Å². The molecule has 10 rings (SSSR count). The van der Waals surface area contributed by atoms with Crippen molar-refractivity contribution in [3.8, 4) is 33.4 Å². The summed E-state index contributed by atoms with van der Waals surface area (Å²) in [6.45, 7) is 11.0. The van der Waals surface area contributed by atoms with Crippen LogP contribution < -0.4 is 4.90 Å². The molecule has 0 radical (unpaired) electrons. The highest BCUT2D eigenvalue weighted by Crippen LogP contribution is 2.65. The van der Waals surface area contributed by atoms with Crippen molar-refractivity contribution in [2.24, 2.45) is 0 Å². The fourth-order valence-corrected chi connectivity index (χ4v) is 10.0. The van der Waals surface area contributed by atoms with Crippen LogP contribution in [0, 0.1) is 0 Å². The molecule has 0 N–H and O–H groups in total. The van der Waals surface area contributed by atoms with Crippen molar-refractivity contribution in [1.29, 1.82) is 0 Å². The van der Waals surface area contributed by atoms with E-state index in [0.29, 0.717) is 0 Å². The molecule has 0 saturated carbocycles. The second kappa shape index (κ2) is 12.0. The lowest BCUT2D eigenvalue weighted by Crippen LogP contribution is -2.26. The zero-order valence-corrected chi connectivity index (χ0v) is 31.0. The first-order valence-electron chi connectivity index (χ1n) is 19.0. The first kappa shape index (κ1) is 32.2. The number of hydrogen-bond acceptors (Lipinski definition) is 1. The number of allylic oxidation sites excluding steroid dienone is 5. The third-order valence-electron chi connectivity index (χ3n) is 12.2. The topological polar surface area (TPSA) is 3.24 Å². The molecule has 7 aromatic rings. The summed E-state index contributed by atoms with van der Waals surface area (Å²) in [6.07, 6.45) is 6.43. The minimum Gasteiger partial charge on any atom is -0.309 e. The van der Waals surface area contributed by atoms with Gasteiger partial charge in [-0.3, -0.25) is 0 Å². The Hall–Kier alpha value is -6.44. The minimum absolute atomic E-state index is 0.209. The molecule has 0 heterocycles. The van der Waals surface area contributed by atoms with Crippen molar-refractivity contribution in [2.75, 3.05) is 4.90 Å². The lowest BCUT2D eigenvalue weighted by Gasteiger charge is -2.33. The maximum atomic E-state index is 4.28. The van der Waals surface area contributed by atoms with Crippen LogP contribution in [0.3, 0.4) is 0 Å². The zero-order valence-electron chi connectivity index (χ0n) is 31.0. The SMILES string of the molecule is C=CC1=C(/C=C\C)c2ccc(N(c3ccccc3-c3ccccc3)c3cccc4c3-c3ccccc3C43c4ccccc4-c4ccccc43)cc2C1(C)C. The fraction of sp³-hybridized carbons (Fsp3) is 0.0943. The molecule has 0 fully saturated rings. The van der Waals surface area contributed by atoms with E-state index < -0.39 is 5.41 Å². The summed E-state index contributed by atoms with van der Waals surface area (Å²) in [7, 11) is 0. The molecule has 0 atom stereocenters. The Labute approximate surface area is 318 Å². The number of rotatable bonds is 6. The van der Waals surface area contributed by atoms with E-state index >= 15 is 0 Å². The molecule has 7 aromatic carbocycles. The van der Waals surface area contributed by atoms with Crippen molar-refractivity contribution < 1.29 is 0 Å². The highest BCUT2D eigenvalue weighted by atomic mass is 15.1. The van der Waals surface area contributed by atoms with Crippen LogP contribution in [-0.2, 0) is 10.8 Å². The quantitative estimate of drug-likeness (QED) is 0.168. The molecule has 54 heavy (non-hydrogen) atoms. The molecule has 0 saturated heterocycles. The van der Waals surface area contributed by atoms with Crippen molar-refractivity contribution >= 4 is 22.6 Å². The molecule has 3 aliphatic carbocycles. The van der Waals surface area contributed by atoms with Gasteiger partial charge in [0.15, 0.2) is 0 Å². The summed E-state index contributed by atoms with van der Waals surface area (Å²) in [5.74, 6) is 0. The number of anilines is 3. The lowest BCUT2D eigenvalue weighted by atomic mass is 9.70. The van der Waals surface area contributed by atoms with Gasteiger partial charge in [0.2, 0.25) is 0 Å². The second-order valence-corrected chi connectivity index (χ2v) is 15.2. The zero-order chi connectivity index (χ0) is 36.6. The third kappa shape index (κ3) is 4.27. The van der Waals surface area contributed by atoms with E-state index in [0.717, 1.165) is 11.4 Å². The second-order valence-electron chi connectivity index (χ2n) is 15.2. The fourth-order valence-electron chi connectivity index (χ4n) is 10.0. The number of hydrogen-bond donors (Lipinski definition) is 0. The van der Waals surface area contributed by atoms with E-state index in [1.165, 1.54) is 83.6 Å². The lowest BCUT2D eigenvalue weighted by molar-refractivity contribution is 0.654. The van der Waals surface area contributed by atoms with Gasteiger partial charge in [0.25, 0.3) is 0 Å². The van der Waals surface area contributed by atoms with Crippen LogP contribution in [0.1, 0.15) is 54.2 Å². The van der Waals surface area contributed by atoms with E-state index in [9.17, 15) is 0 Å². The molecule has 1 spiro atoms.